The normalized spacial score (nSPS) is 15.7. The third-order valence-electron chi connectivity index (χ3n) is 1.80. The molecule has 0 bridgehead atoms. The molecular weight excluding hydrogens is 168 g/mol. The molecule has 0 rings (SSSR count). The number of hydrogen-bond donors (Lipinski definition) is 1. The van der Waals surface area contributed by atoms with Crippen molar-refractivity contribution in [1.29, 1.82) is 0 Å². The molecule has 80 valence electrons. The highest BCUT2D eigenvalue weighted by Crippen LogP contribution is 2.14. The molecule has 0 spiro atoms. The van der Waals surface area contributed by atoms with Crippen molar-refractivity contribution in [2.75, 3.05) is 13.2 Å². The molecule has 0 aliphatic carbocycles. The highest BCUT2D eigenvalue weighted by molar-refractivity contribution is 4.50. The fourth-order valence-corrected chi connectivity index (χ4v) is 0.883. The average molecular weight is 190 g/mol. The van der Waals surface area contributed by atoms with Crippen LogP contribution in [0.2, 0.25) is 0 Å². The van der Waals surface area contributed by atoms with Gasteiger partial charge in [-0.1, -0.05) is 27.2 Å². The molecule has 1 atom stereocenters. The predicted octanol–water partition coefficient (Wildman–Crippen LogP) is 2.29. The second kappa shape index (κ2) is 7.30. The van der Waals surface area contributed by atoms with Crippen molar-refractivity contribution in [3.8, 4) is 0 Å². The maximum atomic E-state index is 9.73. The Morgan fingerprint density at radius 2 is 1.62 bits per heavy atom. The molecule has 0 radical (unpaired) electrons. The highest BCUT2D eigenvalue weighted by atomic mass is 16.8. The minimum Gasteiger partial charge on any atom is -0.343 e. The smallest absolute Gasteiger partial charge is 0.280 e. The van der Waals surface area contributed by atoms with Crippen LogP contribution in [-0.2, 0) is 9.47 Å². The van der Waals surface area contributed by atoms with Gasteiger partial charge in [0.2, 0.25) is 0 Å². The fourth-order valence-electron chi connectivity index (χ4n) is 0.883. The first-order valence-corrected chi connectivity index (χ1v) is 5.18. The van der Waals surface area contributed by atoms with Gasteiger partial charge < -0.3 is 14.6 Å². The standard InChI is InChI=1S/C10H22O3/c1-4-7-9-13-10(11,6-3)12-8-5-2/h11H,4-9H2,1-3H3. The Labute approximate surface area is 81.0 Å². The second-order valence-corrected chi connectivity index (χ2v) is 3.12. The van der Waals surface area contributed by atoms with Crippen LogP contribution in [0.4, 0.5) is 0 Å². The summed E-state index contributed by atoms with van der Waals surface area (Å²) in [4.78, 5) is 0. The lowest BCUT2D eigenvalue weighted by Gasteiger charge is -2.26. The van der Waals surface area contributed by atoms with Gasteiger partial charge in [0.15, 0.2) is 0 Å². The number of hydrogen-bond acceptors (Lipinski definition) is 3. The Balaban J connectivity index is 3.67. The van der Waals surface area contributed by atoms with Crippen molar-refractivity contribution >= 4 is 0 Å². The van der Waals surface area contributed by atoms with Crippen molar-refractivity contribution in [2.45, 2.75) is 52.4 Å². The lowest BCUT2D eigenvalue weighted by Crippen LogP contribution is -2.35. The summed E-state index contributed by atoms with van der Waals surface area (Å²) in [6.45, 7) is 7.03. The van der Waals surface area contributed by atoms with Gasteiger partial charge in [-0.2, -0.15) is 0 Å². The van der Waals surface area contributed by atoms with Crippen molar-refractivity contribution in [3.05, 3.63) is 0 Å². The molecule has 0 amide bonds. The van der Waals surface area contributed by atoms with Crippen molar-refractivity contribution < 1.29 is 14.6 Å². The monoisotopic (exact) mass is 190 g/mol. The Bertz CT molecular complexity index is 117. The van der Waals surface area contributed by atoms with Crippen LogP contribution in [0.3, 0.4) is 0 Å². The van der Waals surface area contributed by atoms with Gasteiger partial charge in [-0.25, -0.2) is 0 Å². The Hall–Kier alpha value is -0.120. The Kier molecular flexibility index (Phi) is 7.23. The van der Waals surface area contributed by atoms with E-state index in [2.05, 4.69) is 6.92 Å². The van der Waals surface area contributed by atoms with E-state index in [0.29, 0.717) is 19.6 Å². The summed E-state index contributed by atoms with van der Waals surface area (Å²) in [5, 5.41) is 9.73. The summed E-state index contributed by atoms with van der Waals surface area (Å²) < 4.78 is 10.5. The first-order valence-electron chi connectivity index (χ1n) is 5.18. The maximum Gasteiger partial charge on any atom is 0.280 e. The molecular formula is C10H22O3. The molecule has 0 heterocycles. The third-order valence-corrected chi connectivity index (χ3v) is 1.80. The van der Waals surface area contributed by atoms with Gasteiger partial charge in [-0.3, -0.25) is 0 Å². The third kappa shape index (κ3) is 6.02. The van der Waals surface area contributed by atoms with E-state index in [4.69, 9.17) is 9.47 Å². The molecule has 1 unspecified atom stereocenters. The summed E-state index contributed by atoms with van der Waals surface area (Å²) in [7, 11) is 0. The van der Waals surface area contributed by atoms with E-state index in [1.54, 1.807) is 0 Å². The number of unbranched alkanes of at least 4 members (excludes halogenated alkanes) is 1. The van der Waals surface area contributed by atoms with Crippen LogP contribution in [0.5, 0.6) is 0 Å². The molecule has 1 N–H and O–H groups in total. The second-order valence-electron chi connectivity index (χ2n) is 3.12. The van der Waals surface area contributed by atoms with Crippen molar-refractivity contribution in [3.63, 3.8) is 0 Å². The van der Waals surface area contributed by atoms with E-state index >= 15 is 0 Å². The molecule has 0 aromatic heterocycles. The van der Waals surface area contributed by atoms with Gasteiger partial charge in [-0.05, 0) is 12.8 Å². The van der Waals surface area contributed by atoms with E-state index in [0.717, 1.165) is 19.3 Å². The van der Waals surface area contributed by atoms with Crippen LogP contribution in [0.25, 0.3) is 0 Å². The SMILES string of the molecule is CCCCOC(O)(CC)OCCC. The molecule has 0 aromatic carbocycles. The number of ether oxygens (including phenoxy) is 2. The van der Waals surface area contributed by atoms with Crippen LogP contribution in [0, 0.1) is 0 Å². The Morgan fingerprint density at radius 1 is 1.00 bits per heavy atom. The number of aliphatic hydroxyl groups is 1. The fraction of sp³-hybridized carbons (Fsp3) is 1.00. The lowest BCUT2D eigenvalue weighted by atomic mass is 10.3. The maximum absolute atomic E-state index is 9.73. The summed E-state index contributed by atoms with van der Waals surface area (Å²) in [5.74, 6) is -1.36. The zero-order valence-electron chi connectivity index (χ0n) is 9.01. The van der Waals surface area contributed by atoms with Gasteiger partial charge in [-0.15, -0.1) is 0 Å². The first-order chi connectivity index (χ1) is 6.18. The molecule has 3 heteroatoms. The summed E-state index contributed by atoms with van der Waals surface area (Å²) in [5.41, 5.74) is 0. The first kappa shape index (κ1) is 12.9. The quantitative estimate of drug-likeness (QED) is 0.471. The molecule has 13 heavy (non-hydrogen) atoms. The summed E-state index contributed by atoms with van der Waals surface area (Å²) >= 11 is 0. The largest absolute Gasteiger partial charge is 0.343 e. The van der Waals surface area contributed by atoms with E-state index in [-0.39, 0.29) is 0 Å². The zero-order valence-corrected chi connectivity index (χ0v) is 9.01. The molecule has 0 saturated heterocycles. The van der Waals surface area contributed by atoms with Crippen LogP contribution in [0.1, 0.15) is 46.5 Å². The molecule has 3 nitrogen and oxygen atoms in total. The van der Waals surface area contributed by atoms with Gasteiger partial charge in [0.1, 0.15) is 0 Å². The van der Waals surface area contributed by atoms with Crippen LogP contribution >= 0.6 is 0 Å². The minimum absolute atomic E-state index is 0.469. The van der Waals surface area contributed by atoms with Gasteiger partial charge >= 0.3 is 0 Å². The Morgan fingerprint density at radius 3 is 2.08 bits per heavy atom. The summed E-state index contributed by atoms with van der Waals surface area (Å²) in [6, 6.07) is 0. The van der Waals surface area contributed by atoms with E-state index in [1.165, 1.54) is 0 Å². The van der Waals surface area contributed by atoms with E-state index in [1.807, 2.05) is 13.8 Å². The summed E-state index contributed by atoms with van der Waals surface area (Å²) in [6.07, 6.45) is 3.38. The number of rotatable bonds is 8. The zero-order chi connectivity index (χ0) is 10.2. The molecule has 0 aliphatic heterocycles. The van der Waals surface area contributed by atoms with Crippen LogP contribution in [-0.4, -0.2) is 24.3 Å². The topological polar surface area (TPSA) is 38.7 Å². The molecule has 0 saturated carbocycles. The van der Waals surface area contributed by atoms with Crippen molar-refractivity contribution in [2.24, 2.45) is 0 Å². The molecule has 0 aliphatic rings. The van der Waals surface area contributed by atoms with Gasteiger partial charge in [0.05, 0.1) is 13.2 Å². The molecule has 0 fully saturated rings. The van der Waals surface area contributed by atoms with Crippen LogP contribution in [0.15, 0.2) is 0 Å². The van der Waals surface area contributed by atoms with Gasteiger partial charge in [0.25, 0.3) is 5.97 Å². The van der Waals surface area contributed by atoms with Crippen LogP contribution < -0.4 is 0 Å². The lowest BCUT2D eigenvalue weighted by molar-refractivity contribution is -0.361. The molecule has 0 aromatic rings. The van der Waals surface area contributed by atoms with Gasteiger partial charge in [0, 0.05) is 6.42 Å². The van der Waals surface area contributed by atoms with Crippen molar-refractivity contribution in [1.82, 2.24) is 0 Å². The average Bonchev–Trinajstić information content (AvgIpc) is 2.15. The predicted molar refractivity (Wildman–Crippen MR) is 52.3 cm³/mol. The minimum atomic E-state index is -1.36. The van der Waals surface area contributed by atoms with E-state index in [9.17, 15) is 5.11 Å². The van der Waals surface area contributed by atoms with E-state index < -0.39 is 5.97 Å². The highest BCUT2D eigenvalue weighted by Gasteiger charge is 2.25.